The number of rotatable bonds is 8. The van der Waals surface area contributed by atoms with Crippen LogP contribution in [-0.2, 0) is 22.8 Å². The van der Waals surface area contributed by atoms with Crippen LogP contribution in [0.2, 0.25) is 0 Å². The van der Waals surface area contributed by atoms with Crippen molar-refractivity contribution in [3.05, 3.63) is 81.9 Å². The number of imidazole rings is 1. The third-order valence-electron chi connectivity index (χ3n) is 11.8. The molecule has 3 fully saturated rings. The van der Waals surface area contributed by atoms with E-state index in [2.05, 4.69) is 20.5 Å². The Morgan fingerprint density at radius 3 is 2.46 bits per heavy atom. The van der Waals surface area contributed by atoms with Crippen molar-refractivity contribution in [2.45, 2.75) is 75.5 Å². The molecule has 0 bridgehead atoms. The van der Waals surface area contributed by atoms with Crippen LogP contribution < -0.4 is 21.1 Å². The van der Waals surface area contributed by atoms with Crippen molar-refractivity contribution < 1.29 is 36.7 Å². The number of fused-ring (bicyclic) bond motifs is 2. The monoisotopic (exact) mass is 790 g/mol. The summed E-state index contributed by atoms with van der Waals surface area (Å²) in [4.78, 5) is 56.7. The van der Waals surface area contributed by atoms with Gasteiger partial charge in [0.15, 0.2) is 0 Å². The van der Waals surface area contributed by atoms with Crippen LogP contribution in [0.5, 0.6) is 5.75 Å². The van der Waals surface area contributed by atoms with Crippen molar-refractivity contribution in [2.24, 2.45) is 13.0 Å². The average molecular weight is 791 g/mol. The number of methoxy groups -OCH3 is 1. The normalized spacial score (nSPS) is 21.3. The van der Waals surface area contributed by atoms with Crippen LogP contribution in [0.1, 0.15) is 91.1 Å². The predicted octanol–water partition coefficient (Wildman–Crippen LogP) is 6.09. The van der Waals surface area contributed by atoms with Gasteiger partial charge in [-0.1, -0.05) is 6.07 Å². The van der Waals surface area contributed by atoms with E-state index in [1.165, 1.54) is 34.4 Å². The molecule has 3 aromatic heterocycles. The smallest absolute Gasteiger partial charge is 0.433 e. The van der Waals surface area contributed by atoms with E-state index < -0.39 is 41.2 Å². The standard InChI is InChI=1S/C40H42F4N8O5/c1-49-36-27(17-25(41)18-32(36)52(39(49)56)31-10-11-35(53)47-38(31)55)23-12-14-50(15-13-23)20-22-6-8-26(9-7-22)51-21-24-16-30(33(57-2)19-29(24)48-51)46-37(54)28-4-3-5-34(45-28)40(42,43)44/h3-5,16-19,21-23,26,31H,6-15,20H2,1-2H3,(H,46,54)(H,47,53,55). The molecule has 0 spiro atoms. The second-order valence-corrected chi connectivity index (χ2v) is 15.4. The minimum Gasteiger partial charge on any atom is -0.494 e. The van der Waals surface area contributed by atoms with Crippen LogP contribution in [0.25, 0.3) is 21.9 Å². The first kappa shape index (κ1) is 38.3. The summed E-state index contributed by atoms with van der Waals surface area (Å²) in [6.45, 7) is 2.61. The lowest BCUT2D eigenvalue weighted by atomic mass is 9.84. The van der Waals surface area contributed by atoms with Crippen molar-refractivity contribution in [2.75, 3.05) is 32.1 Å². The van der Waals surface area contributed by atoms with Crippen LogP contribution in [0.3, 0.4) is 0 Å². The molecule has 1 saturated carbocycles. The van der Waals surface area contributed by atoms with Gasteiger partial charge in [-0.3, -0.25) is 33.5 Å². The van der Waals surface area contributed by atoms with Crippen LogP contribution in [-0.4, -0.2) is 73.3 Å². The Hall–Kier alpha value is -5.58. The zero-order valence-electron chi connectivity index (χ0n) is 31.4. The van der Waals surface area contributed by atoms with Gasteiger partial charge in [-0.2, -0.15) is 18.3 Å². The zero-order valence-corrected chi connectivity index (χ0v) is 31.4. The molecule has 3 aliphatic rings. The first-order chi connectivity index (χ1) is 27.3. The molecule has 1 aliphatic carbocycles. The number of piperidine rings is 2. The number of hydrogen-bond acceptors (Lipinski definition) is 8. The summed E-state index contributed by atoms with van der Waals surface area (Å²) in [5.41, 5.74) is 0.776. The largest absolute Gasteiger partial charge is 0.494 e. The van der Waals surface area contributed by atoms with Gasteiger partial charge >= 0.3 is 11.9 Å². The van der Waals surface area contributed by atoms with E-state index in [9.17, 15) is 32.3 Å². The highest BCUT2D eigenvalue weighted by molar-refractivity contribution is 6.05. The highest BCUT2D eigenvalue weighted by Crippen LogP contribution is 2.38. The third kappa shape index (κ3) is 7.51. The molecule has 17 heteroatoms. The highest BCUT2D eigenvalue weighted by atomic mass is 19.4. The first-order valence-corrected chi connectivity index (χ1v) is 19.2. The van der Waals surface area contributed by atoms with Crippen LogP contribution in [0.15, 0.2) is 53.5 Å². The summed E-state index contributed by atoms with van der Waals surface area (Å²) in [6, 6.07) is 8.66. The Bertz CT molecular complexity index is 2440. The molecule has 300 valence electrons. The van der Waals surface area contributed by atoms with Gasteiger partial charge in [0, 0.05) is 37.7 Å². The molecule has 5 heterocycles. The molecule has 57 heavy (non-hydrogen) atoms. The number of pyridine rings is 1. The van der Waals surface area contributed by atoms with Crippen molar-refractivity contribution in [3.63, 3.8) is 0 Å². The topological polar surface area (TPSA) is 145 Å². The third-order valence-corrected chi connectivity index (χ3v) is 11.8. The molecule has 2 aromatic carbocycles. The Kier molecular flexibility index (Phi) is 10.1. The fraction of sp³-hybridized carbons (Fsp3) is 0.450. The molecule has 0 radical (unpaired) electrons. The van der Waals surface area contributed by atoms with E-state index in [-0.39, 0.29) is 42.1 Å². The van der Waals surface area contributed by atoms with Crippen LogP contribution in [0, 0.1) is 11.7 Å². The number of carbonyl (C=O) groups excluding carboxylic acids is 3. The van der Waals surface area contributed by atoms with Gasteiger partial charge in [0.2, 0.25) is 11.8 Å². The summed E-state index contributed by atoms with van der Waals surface area (Å²) in [7, 11) is 3.08. The number of likely N-dealkylation sites (tertiary alicyclic amines) is 1. The van der Waals surface area contributed by atoms with E-state index in [0.29, 0.717) is 28.2 Å². The maximum Gasteiger partial charge on any atom is 0.433 e. The maximum atomic E-state index is 15.1. The zero-order chi connectivity index (χ0) is 40.2. The number of nitrogens with one attached hydrogen (secondary N) is 2. The SMILES string of the molecule is COc1cc2nn(C3CCC(CN4CCC(c5cc(F)cc6c5n(C)c(=O)n6C5CCC(=O)NC5=O)CC4)CC3)cc2cc1NC(=O)c1cccc(C(F)(F)F)n1. The number of amides is 3. The van der Waals surface area contributed by atoms with Crippen molar-refractivity contribution >= 4 is 45.3 Å². The predicted molar refractivity (Wildman–Crippen MR) is 201 cm³/mol. The fourth-order valence-electron chi connectivity index (χ4n) is 8.87. The van der Waals surface area contributed by atoms with Gasteiger partial charge in [-0.15, -0.1) is 0 Å². The Morgan fingerprint density at radius 1 is 1.00 bits per heavy atom. The molecular formula is C40H42F4N8O5. The average Bonchev–Trinajstić information content (AvgIpc) is 3.71. The number of alkyl halides is 3. The minimum atomic E-state index is -4.68. The summed E-state index contributed by atoms with van der Waals surface area (Å²) < 4.78 is 64.9. The number of anilines is 1. The van der Waals surface area contributed by atoms with Gasteiger partial charge in [-0.25, -0.2) is 14.2 Å². The van der Waals surface area contributed by atoms with Gasteiger partial charge in [-0.05, 0) is 106 Å². The van der Waals surface area contributed by atoms with E-state index in [1.54, 1.807) is 19.2 Å². The van der Waals surface area contributed by atoms with E-state index >= 15 is 4.39 Å². The van der Waals surface area contributed by atoms with E-state index in [0.717, 1.165) is 81.2 Å². The molecule has 1 atom stereocenters. The summed E-state index contributed by atoms with van der Waals surface area (Å²) in [5.74, 6) is -1.34. The first-order valence-electron chi connectivity index (χ1n) is 19.2. The lowest BCUT2D eigenvalue weighted by molar-refractivity contribution is -0.141. The van der Waals surface area contributed by atoms with E-state index in [1.807, 2.05) is 10.9 Å². The number of nitrogens with zero attached hydrogens (tertiary/aromatic N) is 6. The van der Waals surface area contributed by atoms with Crippen LogP contribution >= 0.6 is 0 Å². The van der Waals surface area contributed by atoms with Crippen molar-refractivity contribution in [3.8, 4) is 5.75 Å². The van der Waals surface area contributed by atoms with Gasteiger partial charge < -0.3 is 15.0 Å². The fourth-order valence-corrected chi connectivity index (χ4v) is 8.87. The molecule has 2 N–H and O–H groups in total. The summed E-state index contributed by atoms with van der Waals surface area (Å²) in [5, 5.41) is 10.5. The molecule has 5 aromatic rings. The highest BCUT2D eigenvalue weighted by Gasteiger charge is 2.35. The van der Waals surface area contributed by atoms with Crippen molar-refractivity contribution in [1.29, 1.82) is 0 Å². The van der Waals surface area contributed by atoms with Gasteiger partial charge in [0.25, 0.3) is 5.91 Å². The Labute approximate surface area is 324 Å². The maximum absolute atomic E-state index is 15.1. The molecule has 2 saturated heterocycles. The van der Waals surface area contributed by atoms with E-state index in [4.69, 9.17) is 9.84 Å². The number of halogens is 4. The van der Waals surface area contributed by atoms with Gasteiger partial charge in [0.05, 0.1) is 35.4 Å². The lowest BCUT2D eigenvalue weighted by Crippen LogP contribution is -2.44. The molecule has 1 unspecified atom stereocenters. The number of aryl methyl sites for hydroxylation is 1. The number of hydrogen-bond donors (Lipinski definition) is 2. The molecule has 2 aliphatic heterocycles. The molecule has 3 amide bonds. The lowest BCUT2D eigenvalue weighted by Gasteiger charge is -2.37. The second kappa shape index (κ2) is 15.1. The Balaban J connectivity index is 0.887. The Morgan fingerprint density at radius 2 is 1.75 bits per heavy atom. The number of carbonyl (C=O) groups is 3. The van der Waals surface area contributed by atoms with Crippen LogP contribution in [0.4, 0.5) is 23.2 Å². The molecule has 8 rings (SSSR count). The number of imide groups is 1. The summed E-state index contributed by atoms with van der Waals surface area (Å²) >= 11 is 0. The van der Waals surface area contributed by atoms with Crippen molar-refractivity contribution in [1.82, 2.24) is 34.1 Å². The van der Waals surface area contributed by atoms with Gasteiger partial charge in [0.1, 0.15) is 29.0 Å². The molecular weight excluding hydrogens is 748 g/mol. The minimum absolute atomic E-state index is 0.0389. The quantitative estimate of drug-likeness (QED) is 0.142. The number of benzene rings is 2. The summed E-state index contributed by atoms with van der Waals surface area (Å²) in [6.07, 6.45) is 3.00. The number of ether oxygens (including phenoxy) is 1. The molecule has 13 nitrogen and oxygen atoms in total. The second-order valence-electron chi connectivity index (χ2n) is 15.4. The number of aromatic nitrogens is 5.